The lowest BCUT2D eigenvalue weighted by Gasteiger charge is -2.20. The molecule has 0 N–H and O–H groups in total. The molecule has 0 aromatic carbocycles. The normalized spacial score (nSPS) is 18.4. The Morgan fingerprint density at radius 3 is 2.33 bits per heavy atom. The Morgan fingerprint density at radius 2 is 1.67 bits per heavy atom. The molecule has 0 nitrogen and oxygen atoms in total. The average molecular weight is 162 g/mol. The van der Waals surface area contributed by atoms with Crippen molar-refractivity contribution in [1.29, 1.82) is 0 Å². The van der Waals surface area contributed by atoms with Crippen molar-refractivity contribution in [3.63, 3.8) is 0 Å². The van der Waals surface area contributed by atoms with Crippen LogP contribution in [0.5, 0.6) is 0 Å². The van der Waals surface area contributed by atoms with Crippen molar-refractivity contribution in [3.05, 3.63) is 36.0 Å². The van der Waals surface area contributed by atoms with Gasteiger partial charge in [-0.05, 0) is 23.8 Å². The van der Waals surface area contributed by atoms with Crippen LogP contribution in [-0.4, -0.2) is 0 Å². The minimum Gasteiger partial charge on any atom is -0.0844 e. The Bertz CT molecular complexity index is 221. The van der Waals surface area contributed by atoms with Crippen LogP contribution >= 0.6 is 0 Å². The Labute approximate surface area is 75.7 Å². The Hall–Kier alpha value is -0.780. The zero-order chi connectivity index (χ0) is 9.03. The monoisotopic (exact) mass is 162 g/mol. The predicted molar refractivity (Wildman–Crippen MR) is 55.1 cm³/mol. The van der Waals surface area contributed by atoms with Crippen molar-refractivity contribution < 1.29 is 0 Å². The highest BCUT2D eigenvalue weighted by Crippen LogP contribution is 2.27. The molecule has 0 aliphatic heterocycles. The summed E-state index contributed by atoms with van der Waals surface area (Å²) in [5.41, 5.74) is 1.74. The van der Waals surface area contributed by atoms with E-state index < -0.39 is 0 Å². The van der Waals surface area contributed by atoms with Crippen LogP contribution in [0.15, 0.2) is 36.0 Å². The van der Waals surface area contributed by atoms with Gasteiger partial charge in [-0.25, -0.2) is 0 Å². The molecule has 0 heterocycles. The van der Waals surface area contributed by atoms with Gasteiger partial charge in [0.15, 0.2) is 0 Å². The van der Waals surface area contributed by atoms with Gasteiger partial charge >= 0.3 is 0 Å². The SMILES string of the molecule is CC(C)(C)C1=CCC=CCC=C1. The number of allylic oxidation sites excluding steroid dienone is 6. The van der Waals surface area contributed by atoms with E-state index >= 15 is 0 Å². The number of rotatable bonds is 0. The second-order valence-corrected chi connectivity index (χ2v) is 4.25. The first kappa shape index (κ1) is 9.31. The summed E-state index contributed by atoms with van der Waals surface area (Å²) in [6.07, 6.45) is 13.4. The molecule has 0 bridgehead atoms. The maximum atomic E-state index is 2.31. The quantitative estimate of drug-likeness (QED) is 0.474. The molecule has 1 aliphatic carbocycles. The second kappa shape index (κ2) is 3.75. The first-order chi connectivity index (χ1) is 5.61. The van der Waals surface area contributed by atoms with Crippen molar-refractivity contribution in [2.24, 2.45) is 5.41 Å². The van der Waals surface area contributed by atoms with Gasteiger partial charge in [0.1, 0.15) is 0 Å². The molecule has 0 amide bonds. The molecule has 0 unspecified atom stereocenters. The number of hydrogen-bond acceptors (Lipinski definition) is 0. The molecule has 0 radical (unpaired) electrons. The standard InChI is InChI=1S/C12H18/c1-12(2,3)11-9-7-5-4-6-8-10-11/h4-5,8-10H,6-7H2,1-3H3. The van der Waals surface area contributed by atoms with E-state index in [-0.39, 0.29) is 0 Å². The van der Waals surface area contributed by atoms with Crippen LogP contribution in [0.3, 0.4) is 0 Å². The lowest BCUT2D eigenvalue weighted by Crippen LogP contribution is -2.07. The zero-order valence-electron chi connectivity index (χ0n) is 8.30. The average Bonchev–Trinajstić information content (AvgIpc) is 1.81. The maximum absolute atomic E-state index is 2.31. The predicted octanol–water partition coefficient (Wildman–Crippen LogP) is 3.87. The Morgan fingerprint density at radius 1 is 1.00 bits per heavy atom. The summed E-state index contributed by atoms with van der Waals surface area (Å²) in [6, 6.07) is 0. The molecule has 0 aromatic heterocycles. The maximum Gasteiger partial charge on any atom is -0.0135 e. The van der Waals surface area contributed by atoms with Crippen molar-refractivity contribution in [1.82, 2.24) is 0 Å². The molecule has 66 valence electrons. The van der Waals surface area contributed by atoms with Gasteiger partial charge in [-0.1, -0.05) is 51.2 Å². The van der Waals surface area contributed by atoms with Crippen LogP contribution < -0.4 is 0 Å². The molecule has 0 aromatic rings. The molecule has 0 saturated carbocycles. The van der Waals surface area contributed by atoms with Gasteiger partial charge in [0.25, 0.3) is 0 Å². The lowest BCUT2D eigenvalue weighted by atomic mass is 9.85. The third kappa shape index (κ3) is 2.69. The summed E-state index contributed by atoms with van der Waals surface area (Å²) in [5.74, 6) is 0. The van der Waals surface area contributed by atoms with Crippen molar-refractivity contribution in [2.45, 2.75) is 33.6 Å². The lowest BCUT2D eigenvalue weighted by molar-refractivity contribution is 0.515. The van der Waals surface area contributed by atoms with E-state index in [1.807, 2.05) is 0 Å². The fourth-order valence-corrected chi connectivity index (χ4v) is 1.29. The summed E-state index contributed by atoms with van der Waals surface area (Å²) < 4.78 is 0. The highest BCUT2D eigenvalue weighted by Gasteiger charge is 2.13. The van der Waals surface area contributed by atoms with Crippen LogP contribution in [-0.2, 0) is 0 Å². The first-order valence-corrected chi connectivity index (χ1v) is 4.63. The molecule has 0 heteroatoms. The van der Waals surface area contributed by atoms with Gasteiger partial charge in [-0.15, -0.1) is 0 Å². The highest BCUT2D eigenvalue weighted by molar-refractivity contribution is 5.27. The van der Waals surface area contributed by atoms with E-state index in [1.165, 1.54) is 5.57 Å². The highest BCUT2D eigenvalue weighted by atomic mass is 14.2. The molecular weight excluding hydrogens is 144 g/mol. The summed E-state index contributed by atoms with van der Waals surface area (Å²) >= 11 is 0. The molecule has 0 fully saturated rings. The van der Waals surface area contributed by atoms with Crippen molar-refractivity contribution >= 4 is 0 Å². The largest absolute Gasteiger partial charge is 0.0844 e. The molecule has 0 spiro atoms. The molecule has 1 rings (SSSR count). The molecule has 1 aliphatic rings. The molecular formula is C12H18. The fraction of sp³-hybridized carbons (Fsp3) is 0.500. The van der Waals surface area contributed by atoms with Gasteiger partial charge in [-0.3, -0.25) is 0 Å². The van der Waals surface area contributed by atoms with E-state index in [0.717, 1.165) is 12.8 Å². The summed E-state index contributed by atoms with van der Waals surface area (Å²) in [7, 11) is 0. The first-order valence-electron chi connectivity index (χ1n) is 4.63. The van der Waals surface area contributed by atoms with Crippen LogP contribution in [0.4, 0.5) is 0 Å². The minimum atomic E-state index is 0.293. The van der Waals surface area contributed by atoms with Gasteiger partial charge in [0.05, 0.1) is 0 Å². The van der Waals surface area contributed by atoms with E-state index in [4.69, 9.17) is 0 Å². The Balaban J connectivity index is 2.81. The summed E-state index contributed by atoms with van der Waals surface area (Å²) in [5, 5.41) is 0. The zero-order valence-corrected chi connectivity index (χ0v) is 8.30. The fourth-order valence-electron chi connectivity index (χ4n) is 1.29. The smallest absolute Gasteiger partial charge is 0.0135 e. The molecule has 12 heavy (non-hydrogen) atoms. The van der Waals surface area contributed by atoms with Gasteiger partial charge in [0.2, 0.25) is 0 Å². The minimum absolute atomic E-state index is 0.293. The second-order valence-electron chi connectivity index (χ2n) is 4.25. The summed E-state index contributed by atoms with van der Waals surface area (Å²) in [6.45, 7) is 6.78. The van der Waals surface area contributed by atoms with Crippen LogP contribution in [0.1, 0.15) is 33.6 Å². The van der Waals surface area contributed by atoms with Crippen LogP contribution in [0, 0.1) is 5.41 Å². The van der Waals surface area contributed by atoms with E-state index in [0.29, 0.717) is 5.41 Å². The third-order valence-corrected chi connectivity index (χ3v) is 2.08. The van der Waals surface area contributed by atoms with Crippen LogP contribution in [0.2, 0.25) is 0 Å². The van der Waals surface area contributed by atoms with Crippen molar-refractivity contribution in [3.8, 4) is 0 Å². The number of hydrogen-bond donors (Lipinski definition) is 0. The van der Waals surface area contributed by atoms with Gasteiger partial charge in [0, 0.05) is 0 Å². The Kier molecular flexibility index (Phi) is 2.91. The van der Waals surface area contributed by atoms with E-state index in [1.54, 1.807) is 0 Å². The van der Waals surface area contributed by atoms with E-state index in [9.17, 15) is 0 Å². The molecule has 0 saturated heterocycles. The third-order valence-electron chi connectivity index (χ3n) is 2.08. The van der Waals surface area contributed by atoms with E-state index in [2.05, 4.69) is 51.2 Å². The van der Waals surface area contributed by atoms with Gasteiger partial charge < -0.3 is 0 Å². The summed E-state index contributed by atoms with van der Waals surface area (Å²) in [4.78, 5) is 0. The van der Waals surface area contributed by atoms with Crippen molar-refractivity contribution in [2.75, 3.05) is 0 Å². The molecule has 0 atom stereocenters. The van der Waals surface area contributed by atoms with Crippen LogP contribution in [0.25, 0.3) is 0 Å². The topological polar surface area (TPSA) is 0 Å². The van der Waals surface area contributed by atoms with Gasteiger partial charge in [-0.2, -0.15) is 0 Å².